The van der Waals surface area contributed by atoms with Crippen molar-refractivity contribution in [2.24, 2.45) is 5.92 Å². The largest absolute Gasteiger partial charge is 0.294 e. The third-order valence-corrected chi connectivity index (χ3v) is 3.95. The van der Waals surface area contributed by atoms with Gasteiger partial charge in [0.2, 0.25) is 0 Å². The first-order valence-electron chi connectivity index (χ1n) is 6.11. The SMILES string of the molecule is CC(Cc1cccc(F)c1Br)C(=O)c1ccccc1. The molecule has 0 bridgehead atoms. The molecule has 0 aliphatic carbocycles. The van der Waals surface area contributed by atoms with Crippen molar-refractivity contribution < 1.29 is 9.18 Å². The molecule has 1 unspecified atom stereocenters. The highest BCUT2D eigenvalue weighted by atomic mass is 79.9. The maximum atomic E-state index is 13.4. The average Bonchev–Trinajstić information content (AvgIpc) is 2.44. The van der Waals surface area contributed by atoms with Crippen molar-refractivity contribution in [1.82, 2.24) is 0 Å². The van der Waals surface area contributed by atoms with Crippen molar-refractivity contribution in [3.05, 3.63) is 69.9 Å². The van der Waals surface area contributed by atoms with Crippen LogP contribution in [0.3, 0.4) is 0 Å². The molecule has 19 heavy (non-hydrogen) atoms. The minimum atomic E-state index is -0.295. The van der Waals surface area contributed by atoms with Crippen LogP contribution in [0.4, 0.5) is 4.39 Å². The summed E-state index contributed by atoms with van der Waals surface area (Å²) in [5.41, 5.74) is 1.51. The third kappa shape index (κ3) is 3.29. The predicted molar refractivity (Wildman–Crippen MR) is 77.7 cm³/mol. The number of hydrogen-bond acceptors (Lipinski definition) is 1. The number of halogens is 2. The molecule has 0 aromatic heterocycles. The van der Waals surface area contributed by atoms with Gasteiger partial charge in [-0.15, -0.1) is 0 Å². The van der Waals surface area contributed by atoms with Gasteiger partial charge >= 0.3 is 0 Å². The van der Waals surface area contributed by atoms with Gasteiger partial charge in [0, 0.05) is 11.5 Å². The number of carbonyl (C=O) groups excluding carboxylic acids is 1. The molecule has 0 heterocycles. The molecule has 0 spiro atoms. The van der Waals surface area contributed by atoms with Crippen LogP contribution < -0.4 is 0 Å². The fourth-order valence-corrected chi connectivity index (χ4v) is 2.44. The Morgan fingerprint density at radius 2 is 1.84 bits per heavy atom. The van der Waals surface area contributed by atoms with E-state index in [1.54, 1.807) is 18.2 Å². The van der Waals surface area contributed by atoms with Gasteiger partial charge in [-0.3, -0.25) is 4.79 Å². The van der Waals surface area contributed by atoms with Crippen LogP contribution in [0.25, 0.3) is 0 Å². The van der Waals surface area contributed by atoms with Crippen molar-refractivity contribution >= 4 is 21.7 Å². The van der Waals surface area contributed by atoms with Crippen LogP contribution in [-0.4, -0.2) is 5.78 Å². The Balaban J connectivity index is 2.15. The minimum Gasteiger partial charge on any atom is -0.294 e. The van der Waals surface area contributed by atoms with Crippen LogP contribution in [0.2, 0.25) is 0 Å². The molecule has 2 aromatic rings. The van der Waals surface area contributed by atoms with E-state index < -0.39 is 0 Å². The lowest BCUT2D eigenvalue weighted by Gasteiger charge is -2.12. The quantitative estimate of drug-likeness (QED) is 0.749. The van der Waals surface area contributed by atoms with Gasteiger partial charge in [0.25, 0.3) is 0 Å². The molecular weight excluding hydrogens is 307 g/mol. The average molecular weight is 321 g/mol. The van der Waals surface area contributed by atoms with E-state index in [1.165, 1.54) is 6.07 Å². The van der Waals surface area contributed by atoms with Gasteiger partial charge in [0.05, 0.1) is 4.47 Å². The zero-order valence-electron chi connectivity index (χ0n) is 10.6. The molecule has 1 atom stereocenters. The molecule has 0 N–H and O–H groups in total. The highest BCUT2D eigenvalue weighted by molar-refractivity contribution is 9.10. The zero-order chi connectivity index (χ0) is 13.8. The molecule has 0 radical (unpaired) electrons. The van der Waals surface area contributed by atoms with Crippen LogP contribution in [0.15, 0.2) is 53.0 Å². The summed E-state index contributed by atoms with van der Waals surface area (Å²) in [4.78, 5) is 12.2. The molecule has 0 aliphatic rings. The lowest BCUT2D eigenvalue weighted by Crippen LogP contribution is -2.14. The van der Waals surface area contributed by atoms with Crippen molar-refractivity contribution in [3.8, 4) is 0 Å². The highest BCUT2D eigenvalue weighted by Gasteiger charge is 2.17. The molecule has 0 aliphatic heterocycles. The standard InChI is InChI=1S/C16H14BrFO/c1-11(16(19)12-6-3-2-4-7-12)10-13-8-5-9-14(18)15(13)17/h2-9,11H,10H2,1H3. The second-order valence-corrected chi connectivity index (χ2v) is 5.34. The van der Waals surface area contributed by atoms with E-state index in [1.807, 2.05) is 31.2 Å². The lowest BCUT2D eigenvalue weighted by molar-refractivity contribution is 0.0929. The molecule has 1 nitrogen and oxygen atoms in total. The summed E-state index contributed by atoms with van der Waals surface area (Å²) in [6.07, 6.45) is 0.520. The second-order valence-electron chi connectivity index (χ2n) is 4.55. The summed E-state index contributed by atoms with van der Waals surface area (Å²) in [6, 6.07) is 14.1. The number of benzene rings is 2. The van der Waals surface area contributed by atoms with Gasteiger partial charge in [0.15, 0.2) is 5.78 Å². The van der Waals surface area contributed by atoms with Crippen LogP contribution in [0, 0.1) is 11.7 Å². The number of hydrogen-bond donors (Lipinski definition) is 0. The van der Waals surface area contributed by atoms with E-state index >= 15 is 0 Å². The summed E-state index contributed by atoms with van der Waals surface area (Å²) >= 11 is 3.23. The number of rotatable bonds is 4. The molecule has 0 amide bonds. The number of carbonyl (C=O) groups is 1. The molecule has 2 aromatic carbocycles. The third-order valence-electron chi connectivity index (χ3n) is 3.06. The van der Waals surface area contributed by atoms with Crippen LogP contribution in [0.5, 0.6) is 0 Å². The first-order chi connectivity index (χ1) is 9.09. The summed E-state index contributed by atoms with van der Waals surface area (Å²) in [7, 11) is 0. The van der Waals surface area contributed by atoms with E-state index in [4.69, 9.17) is 0 Å². The summed E-state index contributed by atoms with van der Waals surface area (Å²) in [5, 5.41) is 0. The van der Waals surface area contributed by atoms with E-state index in [0.717, 1.165) is 5.56 Å². The summed E-state index contributed by atoms with van der Waals surface area (Å²) in [5.74, 6) is -0.394. The Kier molecular flexibility index (Phi) is 4.48. The Hall–Kier alpha value is -1.48. The van der Waals surface area contributed by atoms with Crippen molar-refractivity contribution in [1.29, 1.82) is 0 Å². The zero-order valence-corrected chi connectivity index (χ0v) is 12.2. The van der Waals surface area contributed by atoms with Crippen LogP contribution >= 0.6 is 15.9 Å². The predicted octanol–water partition coefficient (Wildman–Crippen LogP) is 4.65. The fourth-order valence-electron chi connectivity index (χ4n) is 2.02. The van der Waals surface area contributed by atoms with Gasteiger partial charge < -0.3 is 0 Å². The van der Waals surface area contributed by atoms with E-state index in [2.05, 4.69) is 15.9 Å². The normalized spacial score (nSPS) is 12.2. The maximum absolute atomic E-state index is 13.4. The van der Waals surface area contributed by atoms with E-state index in [0.29, 0.717) is 16.5 Å². The molecule has 2 rings (SSSR count). The number of Topliss-reactive ketones (excluding diaryl/α,β-unsaturated/α-hetero) is 1. The van der Waals surface area contributed by atoms with Gasteiger partial charge in [-0.1, -0.05) is 49.4 Å². The first kappa shape index (κ1) is 13.9. The van der Waals surface area contributed by atoms with Crippen molar-refractivity contribution in [2.45, 2.75) is 13.3 Å². The Bertz CT molecular complexity index is 581. The summed E-state index contributed by atoms with van der Waals surface area (Å²) < 4.78 is 13.9. The van der Waals surface area contributed by atoms with Gasteiger partial charge in [-0.25, -0.2) is 4.39 Å². The van der Waals surface area contributed by atoms with Gasteiger partial charge in [-0.05, 0) is 34.0 Å². The van der Waals surface area contributed by atoms with E-state index in [-0.39, 0.29) is 17.5 Å². The monoisotopic (exact) mass is 320 g/mol. The van der Waals surface area contributed by atoms with Gasteiger partial charge in [-0.2, -0.15) is 0 Å². The minimum absolute atomic E-state index is 0.0803. The lowest BCUT2D eigenvalue weighted by atomic mass is 9.93. The molecule has 0 fully saturated rings. The van der Waals surface area contributed by atoms with Crippen LogP contribution in [0.1, 0.15) is 22.8 Å². The topological polar surface area (TPSA) is 17.1 Å². The Labute approximate surface area is 120 Å². The summed E-state index contributed by atoms with van der Waals surface area (Å²) in [6.45, 7) is 1.87. The molecular formula is C16H14BrFO. The smallest absolute Gasteiger partial charge is 0.165 e. The molecule has 98 valence electrons. The fraction of sp³-hybridized carbons (Fsp3) is 0.188. The van der Waals surface area contributed by atoms with Crippen LogP contribution in [-0.2, 0) is 6.42 Å². The highest BCUT2D eigenvalue weighted by Crippen LogP contribution is 2.24. The van der Waals surface area contributed by atoms with E-state index in [9.17, 15) is 9.18 Å². The maximum Gasteiger partial charge on any atom is 0.165 e. The van der Waals surface area contributed by atoms with Gasteiger partial charge in [0.1, 0.15) is 5.82 Å². The number of ketones is 1. The van der Waals surface area contributed by atoms with Crippen molar-refractivity contribution in [3.63, 3.8) is 0 Å². The molecule has 3 heteroatoms. The molecule has 0 saturated heterocycles. The molecule has 0 saturated carbocycles. The first-order valence-corrected chi connectivity index (χ1v) is 6.91. The van der Waals surface area contributed by atoms with Crippen molar-refractivity contribution in [2.75, 3.05) is 0 Å². The Morgan fingerprint density at radius 3 is 2.53 bits per heavy atom. The second kappa shape index (κ2) is 6.11. The Morgan fingerprint density at radius 1 is 1.16 bits per heavy atom.